The first-order valence-corrected chi connectivity index (χ1v) is 10.9. The van der Waals surface area contributed by atoms with Crippen LogP contribution in [0.4, 0.5) is 11.5 Å². The van der Waals surface area contributed by atoms with Crippen LogP contribution in [0.2, 0.25) is 0 Å². The second-order valence-corrected chi connectivity index (χ2v) is 8.09. The first kappa shape index (κ1) is 19.2. The molecular formula is C28H21N5. The number of hydrogen-bond donors (Lipinski definition) is 1. The predicted molar refractivity (Wildman–Crippen MR) is 134 cm³/mol. The van der Waals surface area contributed by atoms with E-state index in [0.717, 1.165) is 50.3 Å². The Morgan fingerprint density at radius 2 is 1.48 bits per heavy atom. The molecule has 0 unspecified atom stereocenters. The monoisotopic (exact) mass is 427 g/mol. The van der Waals surface area contributed by atoms with Gasteiger partial charge in [0.15, 0.2) is 5.82 Å². The fourth-order valence-corrected chi connectivity index (χ4v) is 4.14. The van der Waals surface area contributed by atoms with E-state index in [9.17, 15) is 0 Å². The van der Waals surface area contributed by atoms with E-state index < -0.39 is 0 Å². The zero-order valence-corrected chi connectivity index (χ0v) is 18.1. The highest BCUT2D eigenvalue weighted by Gasteiger charge is 2.12. The molecule has 0 aliphatic heterocycles. The highest BCUT2D eigenvalue weighted by molar-refractivity contribution is 6.01. The molecule has 0 amide bonds. The number of nitrogens with one attached hydrogen (secondary N) is 1. The van der Waals surface area contributed by atoms with Crippen molar-refractivity contribution in [3.63, 3.8) is 0 Å². The minimum absolute atomic E-state index is 0.725. The summed E-state index contributed by atoms with van der Waals surface area (Å²) in [5, 5.41) is 14.7. The van der Waals surface area contributed by atoms with Gasteiger partial charge in [-0.05, 0) is 37.3 Å². The molecule has 158 valence electrons. The number of para-hydroxylation sites is 1. The summed E-state index contributed by atoms with van der Waals surface area (Å²) in [6.07, 6.45) is 1.86. The van der Waals surface area contributed by atoms with E-state index in [0.29, 0.717) is 0 Å². The minimum Gasteiger partial charge on any atom is -0.338 e. The van der Waals surface area contributed by atoms with Crippen LogP contribution >= 0.6 is 0 Å². The van der Waals surface area contributed by atoms with Gasteiger partial charge >= 0.3 is 0 Å². The molecule has 6 aromatic rings. The van der Waals surface area contributed by atoms with Gasteiger partial charge in [0.05, 0.1) is 11.0 Å². The average molecular weight is 428 g/mol. The summed E-state index contributed by atoms with van der Waals surface area (Å²) in [5.41, 5.74) is 7.14. The van der Waals surface area contributed by atoms with E-state index in [1.54, 1.807) is 0 Å². The zero-order chi connectivity index (χ0) is 22.2. The summed E-state index contributed by atoms with van der Waals surface area (Å²) in [7, 11) is 0. The lowest BCUT2D eigenvalue weighted by molar-refractivity contribution is 1.06. The number of aromatic nitrogens is 4. The van der Waals surface area contributed by atoms with E-state index in [4.69, 9.17) is 0 Å². The van der Waals surface area contributed by atoms with Crippen molar-refractivity contribution in [3.05, 3.63) is 109 Å². The van der Waals surface area contributed by atoms with Crippen molar-refractivity contribution in [2.45, 2.75) is 6.92 Å². The summed E-state index contributed by atoms with van der Waals surface area (Å²) in [5.74, 6) is 0.725. The van der Waals surface area contributed by atoms with Crippen LogP contribution in [0.15, 0.2) is 103 Å². The smallest absolute Gasteiger partial charge is 0.161 e. The van der Waals surface area contributed by atoms with Crippen LogP contribution in [0.1, 0.15) is 5.56 Å². The van der Waals surface area contributed by atoms with Crippen LogP contribution in [-0.2, 0) is 0 Å². The molecule has 0 saturated carbocycles. The van der Waals surface area contributed by atoms with Crippen molar-refractivity contribution in [1.29, 1.82) is 0 Å². The summed E-state index contributed by atoms with van der Waals surface area (Å²) in [6, 6.07) is 33.0. The molecule has 0 fully saturated rings. The Bertz CT molecular complexity index is 1580. The fourth-order valence-electron chi connectivity index (χ4n) is 4.14. The van der Waals surface area contributed by atoms with Crippen LogP contribution in [0.3, 0.4) is 0 Å². The molecule has 1 N–H and O–H groups in total. The number of imidazole rings is 1. The molecular weight excluding hydrogens is 406 g/mol. The van der Waals surface area contributed by atoms with Crippen LogP contribution < -0.4 is 5.32 Å². The van der Waals surface area contributed by atoms with Crippen molar-refractivity contribution >= 4 is 33.3 Å². The van der Waals surface area contributed by atoms with E-state index in [1.165, 1.54) is 5.56 Å². The van der Waals surface area contributed by atoms with Crippen molar-refractivity contribution in [2.24, 2.45) is 0 Å². The minimum atomic E-state index is 0.725. The van der Waals surface area contributed by atoms with Gasteiger partial charge in [0.2, 0.25) is 0 Å². The van der Waals surface area contributed by atoms with Crippen molar-refractivity contribution in [3.8, 4) is 16.9 Å². The Kier molecular flexibility index (Phi) is 4.58. The molecule has 0 atom stereocenters. The lowest BCUT2D eigenvalue weighted by atomic mass is 10.0. The number of aryl methyl sites for hydroxylation is 1. The second kappa shape index (κ2) is 7.88. The van der Waals surface area contributed by atoms with E-state index in [-0.39, 0.29) is 0 Å². The lowest BCUT2D eigenvalue weighted by Gasteiger charge is -2.12. The molecule has 2 heterocycles. The molecule has 5 nitrogen and oxygen atoms in total. The summed E-state index contributed by atoms with van der Waals surface area (Å²) < 4.78 is 2.09. The highest BCUT2D eigenvalue weighted by atomic mass is 15.2. The number of fused-ring (bicyclic) bond motifs is 2. The van der Waals surface area contributed by atoms with Crippen LogP contribution in [0.5, 0.6) is 0 Å². The second-order valence-electron chi connectivity index (χ2n) is 8.09. The maximum absolute atomic E-state index is 4.61. The van der Waals surface area contributed by atoms with Crippen LogP contribution in [-0.4, -0.2) is 19.7 Å². The number of nitrogens with zero attached hydrogens (tertiary/aromatic N) is 4. The SMILES string of the molecule is Cc1ccc(-c2nnc(Nc3ccc4c(c3)ncn4-c3ccccc3)c3ccccc23)cc1. The van der Waals surface area contributed by atoms with Crippen LogP contribution in [0.25, 0.3) is 38.8 Å². The van der Waals surface area contributed by atoms with Crippen LogP contribution in [0, 0.1) is 6.92 Å². The first-order valence-electron chi connectivity index (χ1n) is 10.9. The number of benzene rings is 4. The Hall–Kier alpha value is -4.51. The van der Waals surface area contributed by atoms with Gasteiger partial charge in [-0.15, -0.1) is 10.2 Å². The van der Waals surface area contributed by atoms with E-state index in [1.807, 2.05) is 48.8 Å². The Balaban J connectivity index is 1.39. The fraction of sp³-hybridized carbons (Fsp3) is 0.0357. The maximum Gasteiger partial charge on any atom is 0.161 e. The van der Waals surface area contributed by atoms with E-state index in [2.05, 4.69) is 86.6 Å². The van der Waals surface area contributed by atoms with Crippen molar-refractivity contribution < 1.29 is 0 Å². The van der Waals surface area contributed by atoms with Gasteiger partial charge in [-0.1, -0.05) is 72.3 Å². The largest absolute Gasteiger partial charge is 0.338 e. The van der Waals surface area contributed by atoms with Gasteiger partial charge in [-0.25, -0.2) is 4.98 Å². The van der Waals surface area contributed by atoms with Gasteiger partial charge in [-0.3, -0.25) is 4.57 Å². The summed E-state index contributed by atoms with van der Waals surface area (Å²) in [4.78, 5) is 4.61. The molecule has 0 aliphatic carbocycles. The maximum atomic E-state index is 4.61. The Morgan fingerprint density at radius 1 is 0.727 bits per heavy atom. The zero-order valence-electron chi connectivity index (χ0n) is 18.1. The molecule has 0 spiro atoms. The molecule has 0 bridgehead atoms. The normalized spacial score (nSPS) is 11.2. The van der Waals surface area contributed by atoms with Gasteiger partial charge < -0.3 is 5.32 Å². The molecule has 6 rings (SSSR count). The molecule has 4 aromatic carbocycles. The first-order chi connectivity index (χ1) is 16.3. The third-order valence-electron chi connectivity index (χ3n) is 5.86. The molecule has 5 heteroatoms. The Labute approximate surface area is 191 Å². The third kappa shape index (κ3) is 3.49. The van der Waals surface area contributed by atoms with Gasteiger partial charge in [-0.2, -0.15) is 0 Å². The van der Waals surface area contributed by atoms with Crippen molar-refractivity contribution in [2.75, 3.05) is 5.32 Å². The number of anilines is 2. The summed E-state index contributed by atoms with van der Waals surface area (Å²) >= 11 is 0. The quantitative estimate of drug-likeness (QED) is 0.341. The third-order valence-corrected chi connectivity index (χ3v) is 5.86. The van der Waals surface area contributed by atoms with E-state index >= 15 is 0 Å². The van der Waals surface area contributed by atoms with Gasteiger partial charge in [0.25, 0.3) is 0 Å². The molecule has 2 aromatic heterocycles. The molecule has 0 aliphatic rings. The number of hydrogen-bond acceptors (Lipinski definition) is 4. The standard InChI is InChI=1S/C28H21N5/c1-19-11-13-20(14-12-19)27-23-9-5-6-10-24(23)28(32-31-27)30-21-15-16-26-25(17-21)29-18-33(26)22-7-3-2-4-8-22/h2-18H,1H3,(H,30,32). The average Bonchev–Trinajstić information content (AvgIpc) is 3.29. The number of rotatable bonds is 4. The topological polar surface area (TPSA) is 55.6 Å². The van der Waals surface area contributed by atoms with Crippen molar-refractivity contribution in [1.82, 2.24) is 19.7 Å². The highest BCUT2D eigenvalue weighted by Crippen LogP contribution is 2.32. The van der Waals surface area contributed by atoms with Gasteiger partial charge in [0, 0.05) is 27.7 Å². The Morgan fingerprint density at radius 3 is 2.30 bits per heavy atom. The summed E-state index contributed by atoms with van der Waals surface area (Å²) in [6.45, 7) is 2.08. The predicted octanol–water partition coefficient (Wildman–Crippen LogP) is 6.69. The molecule has 33 heavy (non-hydrogen) atoms. The lowest BCUT2D eigenvalue weighted by Crippen LogP contribution is -1.99. The molecule has 0 radical (unpaired) electrons. The van der Waals surface area contributed by atoms with Gasteiger partial charge in [0.1, 0.15) is 12.0 Å². The molecule has 0 saturated heterocycles.